The summed E-state index contributed by atoms with van der Waals surface area (Å²) in [6.45, 7) is 2.10. The fraction of sp³-hybridized carbons (Fsp3) is 1.00. The number of rotatable bonds is 2. The Labute approximate surface area is 68.5 Å². The molecule has 3 nitrogen and oxygen atoms in total. The molecule has 0 saturated carbocycles. The van der Waals surface area contributed by atoms with Gasteiger partial charge in [-0.2, -0.15) is 0 Å². The van der Waals surface area contributed by atoms with Gasteiger partial charge in [-0.1, -0.05) is 0 Å². The number of hydrogen-bond acceptors (Lipinski definition) is 2. The molecule has 1 aliphatic rings. The lowest BCUT2D eigenvalue weighted by molar-refractivity contribution is -0.880. The van der Waals surface area contributed by atoms with E-state index >= 15 is 0 Å². The van der Waals surface area contributed by atoms with Gasteiger partial charge in [0.05, 0.1) is 14.1 Å². The molecule has 1 heterocycles. The van der Waals surface area contributed by atoms with Gasteiger partial charge in [-0.15, -0.1) is 0 Å². The first kappa shape index (κ1) is 8.97. The van der Waals surface area contributed by atoms with Crippen molar-refractivity contribution in [3.05, 3.63) is 0 Å². The van der Waals surface area contributed by atoms with Crippen molar-refractivity contribution in [1.29, 1.82) is 0 Å². The smallest absolute Gasteiger partial charge is 0.137 e. The maximum Gasteiger partial charge on any atom is 0.137 e. The molecule has 0 N–H and O–H groups in total. The first-order chi connectivity index (χ1) is 5.09. The third kappa shape index (κ3) is 1.92. The monoisotopic (exact) mass is 160 g/mol. The molecule has 0 radical (unpaired) electrons. The van der Waals surface area contributed by atoms with Crippen LogP contribution >= 0.6 is 0 Å². The molecule has 1 aliphatic heterocycles. The molecular weight excluding hydrogens is 142 g/mol. The molecule has 0 aromatic carbocycles. The minimum atomic E-state index is 0.273. The highest BCUT2D eigenvalue weighted by atomic mass is 16.5. The van der Waals surface area contributed by atoms with Crippen molar-refractivity contribution >= 4 is 0 Å². The highest BCUT2D eigenvalue weighted by molar-refractivity contribution is 4.75. The molecule has 66 valence electrons. The SMILES string of the molecule is CO[C@H]1C[N+](C)(C)C[C@@H]1OC. The summed E-state index contributed by atoms with van der Waals surface area (Å²) in [6.07, 6.45) is 0.546. The second-order valence-electron chi connectivity index (χ2n) is 3.85. The molecule has 1 saturated heterocycles. The Morgan fingerprint density at radius 2 is 1.36 bits per heavy atom. The predicted molar refractivity (Wildman–Crippen MR) is 43.4 cm³/mol. The first-order valence-electron chi connectivity index (χ1n) is 3.96. The first-order valence-corrected chi connectivity index (χ1v) is 3.96. The van der Waals surface area contributed by atoms with Crippen molar-refractivity contribution in [3.8, 4) is 0 Å². The van der Waals surface area contributed by atoms with Gasteiger partial charge >= 0.3 is 0 Å². The summed E-state index contributed by atoms with van der Waals surface area (Å²) in [5.41, 5.74) is 0. The van der Waals surface area contributed by atoms with Crippen molar-refractivity contribution in [1.82, 2.24) is 0 Å². The Hall–Kier alpha value is -0.120. The Balaban J connectivity index is 2.55. The van der Waals surface area contributed by atoms with Crippen molar-refractivity contribution in [2.75, 3.05) is 41.4 Å². The normalized spacial score (nSPS) is 36.0. The van der Waals surface area contributed by atoms with Gasteiger partial charge in [0, 0.05) is 14.2 Å². The molecule has 11 heavy (non-hydrogen) atoms. The van der Waals surface area contributed by atoms with Gasteiger partial charge in [-0.05, 0) is 0 Å². The van der Waals surface area contributed by atoms with Gasteiger partial charge in [0.25, 0.3) is 0 Å². The van der Waals surface area contributed by atoms with E-state index in [-0.39, 0.29) is 12.2 Å². The van der Waals surface area contributed by atoms with Crippen molar-refractivity contribution < 1.29 is 14.0 Å². The van der Waals surface area contributed by atoms with Crippen LogP contribution in [-0.4, -0.2) is 58.1 Å². The highest BCUT2D eigenvalue weighted by Gasteiger charge is 2.40. The highest BCUT2D eigenvalue weighted by Crippen LogP contribution is 2.19. The topological polar surface area (TPSA) is 18.5 Å². The van der Waals surface area contributed by atoms with Gasteiger partial charge in [-0.3, -0.25) is 0 Å². The number of likely N-dealkylation sites (N-methyl/N-ethyl adjacent to an activating group) is 1. The molecule has 1 fully saturated rings. The number of hydrogen-bond donors (Lipinski definition) is 0. The van der Waals surface area contributed by atoms with Gasteiger partial charge in [0.2, 0.25) is 0 Å². The number of likely N-dealkylation sites (tertiary alicyclic amines) is 1. The van der Waals surface area contributed by atoms with Crippen molar-refractivity contribution in [2.24, 2.45) is 0 Å². The lowest BCUT2D eigenvalue weighted by Crippen LogP contribution is -2.37. The van der Waals surface area contributed by atoms with E-state index < -0.39 is 0 Å². The summed E-state index contributed by atoms with van der Waals surface area (Å²) < 4.78 is 11.6. The van der Waals surface area contributed by atoms with Crippen molar-refractivity contribution in [3.63, 3.8) is 0 Å². The second-order valence-corrected chi connectivity index (χ2v) is 3.85. The minimum Gasteiger partial charge on any atom is -0.373 e. The average Bonchev–Trinajstić information content (AvgIpc) is 2.25. The van der Waals surface area contributed by atoms with E-state index in [2.05, 4.69) is 14.1 Å². The van der Waals surface area contributed by atoms with Gasteiger partial charge in [0.15, 0.2) is 0 Å². The Bertz CT molecular complexity index is 122. The summed E-state index contributed by atoms with van der Waals surface area (Å²) in [4.78, 5) is 0. The fourth-order valence-corrected chi connectivity index (χ4v) is 1.74. The molecule has 3 heteroatoms. The van der Waals surface area contributed by atoms with Crippen molar-refractivity contribution in [2.45, 2.75) is 12.2 Å². The van der Waals surface area contributed by atoms with Crippen LogP contribution in [0.25, 0.3) is 0 Å². The molecule has 0 unspecified atom stereocenters. The molecule has 0 aromatic rings. The van der Waals surface area contributed by atoms with Crippen LogP contribution in [0.2, 0.25) is 0 Å². The average molecular weight is 160 g/mol. The van der Waals surface area contributed by atoms with E-state index in [1.165, 1.54) is 0 Å². The van der Waals surface area contributed by atoms with Crippen LogP contribution < -0.4 is 0 Å². The molecule has 0 spiro atoms. The number of quaternary nitrogens is 1. The summed E-state index contributed by atoms with van der Waals surface area (Å²) >= 11 is 0. The van der Waals surface area contributed by atoms with E-state index in [1.54, 1.807) is 14.2 Å². The van der Waals surface area contributed by atoms with Gasteiger partial charge in [-0.25, -0.2) is 0 Å². The lowest BCUT2D eigenvalue weighted by Gasteiger charge is -2.22. The third-order valence-electron chi connectivity index (χ3n) is 2.37. The van der Waals surface area contributed by atoms with Crippen LogP contribution in [0.15, 0.2) is 0 Å². The van der Waals surface area contributed by atoms with E-state index in [0.717, 1.165) is 17.6 Å². The largest absolute Gasteiger partial charge is 0.373 e. The second kappa shape index (κ2) is 3.09. The maximum atomic E-state index is 5.31. The van der Waals surface area contributed by atoms with Gasteiger partial charge < -0.3 is 14.0 Å². The Morgan fingerprint density at radius 3 is 1.64 bits per heavy atom. The number of ether oxygens (including phenoxy) is 2. The standard InChI is InChI=1S/C8H18NO2/c1-9(2)5-7(10-3)8(6-9)11-4/h7-8H,5-6H2,1-4H3/q+1/t7-,8-/m0/s1. The van der Waals surface area contributed by atoms with E-state index in [1.807, 2.05) is 0 Å². The summed E-state index contributed by atoms with van der Waals surface area (Å²) in [6, 6.07) is 0. The van der Waals surface area contributed by atoms with Crippen LogP contribution in [0.5, 0.6) is 0 Å². The van der Waals surface area contributed by atoms with Crippen LogP contribution in [0, 0.1) is 0 Å². The quantitative estimate of drug-likeness (QED) is 0.534. The molecule has 1 rings (SSSR count). The zero-order chi connectivity index (χ0) is 8.48. The van der Waals surface area contributed by atoms with E-state index in [0.29, 0.717) is 0 Å². The molecule has 0 bridgehead atoms. The molecular formula is C8H18NO2+. The zero-order valence-electron chi connectivity index (χ0n) is 7.83. The Morgan fingerprint density at radius 1 is 1.00 bits per heavy atom. The lowest BCUT2D eigenvalue weighted by atomic mass is 10.3. The van der Waals surface area contributed by atoms with Crippen LogP contribution in [0.4, 0.5) is 0 Å². The summed E-state index contributed by atoms with van der Waals surface area (Å²) in [5, 5.41) is 0. The summed E-state index contributed by atoms with van der Waals surface area (Å²) in [5.74, 6) is 0. The molecule has 0 aliphatic carbocycles. The third-order valence-corrected chi connectivity index (χ3v) is 2.37. The minimum absolute atomic E-state index is 0.273. The zero-order valence-corrected chi connectivity index (χ0v) is 7.83. The number of methoxy groups -OCH3 is 2. The van der Waals surface area contributed by atoms with Crippen LogP contribution in [0.3, 0.4) is 0 Å². The molecule has 0 aromatic heterocycles. The summed E-state index contributed by atoms with van der Waals surface area (Å²) in [7, 11) is 7.90. The van der Waals surface area contributed by atoms with E-state index in [9.17, 15) is 0 Å². The molecule has 0 amide bonds. The predicted octanol–water partition coefficient (Wildman–Crippen LogP) is 0.106. The molecule has 2 atom stereocenters. The fourth-order valence-electron chi connectivity index (χ4n) is 1.74. The van der Waals surface area contributed by atoms with Crippen LogP contribution in [-0.2, 0) is 9.47 Å². The number of nitrogens with zero attached hydrogens (tertiary/aromatic N) is 1. The van der Waals surface area contributed by atoms with E-state index in [4.69, 9.17) is 9.47 Å². The van der Waals surface area contributed by atoms with Crippen LogP contribution in [0.1, 0.15) is 0 Å². The Kier molecular flexibility index (Phi) is 2.52. The maximum absolute atomic E-state index is 5.31. The van der Waals surface area contributed by atoms with Gasteiger partial charge in [0.1, 0.15) is 25.3 Å².